The van der Waals surface area contributed by atoms with Crippen LogP contribution >= 0.6 is 11.8 Å². The van der Waals surface area contributed by atoms with Crippen molar-refractivity contribution < 1.29 is 28.6 Å². The van der Waals surface area contributed by atoms with Crippen LogP contribution in [0.15, 0.2) is 41.8 Å². The van der Waals surface area contributed by atoms with E-state index in [1.165, 1.54) is 23.2 Å². The zero-order chi connectivity index (χ0) is 19.2. The zero-order valence-electron chi connectivity index (χ0n) is 14.8. The first kappa shape index (κ1) is 21.6. The van der Waals surface area contributed by atoms with Crippen molar-refractivity contribution in [3.8, 4) is 0 Å². The van der Waals surface area contributed by atoms with Crippen LogP contribution in [0.2, 0.25) is 0 Å². The Bertz CT molecular complexity index is 605. The van der Waals surface area contributed by atoms with Gasteiger partial charge in [-0.3, -0.25) is 0 Å². The minimum Gasteiger partial charge on any atom is -0.464 e. The van der Waals surface area contributed by atoms with Gasteiger partial charge in [-0.05, 0) is 24.8 Å². The highest BCUT2D eigenvalue weighted by Crippen LogP contribution is 2.08. The number of nitrogens with one attached hydrogen (secondary N) is 1. The fourth-order valence-electron chi connectivity index (χ4n) is 1.76. The Morgan fingerprint density at radius 1 is 1.08 bits per heavy atom. The summed E-state index contributed by atoms with van der Waals surface area (Å²) in [6.07, 6.45) is 0.534. The Morgan fingerprint density at radius 2 is 1.77 bits per heavy atom. The number of benzene rings is 1. The summed E-state index contributed by atoms with van der Waals surface area (Å²) < 4.78 is 14.8. The molecule has 7 nitrogen and oxygen atoms in total. The molecule has 0 aromatic heterocycles. The smallest absolute Gasteiger partial charge is 0.408 e. The van der Waals surface area contributed by atoms with Crippen molar-refractivity contribution in [1.29, 1.82) is 0 Å². The number of alkyl carbamates (subject to hydrolysis) is 1. The van der Waals surface area contributed by atoms with Gasteiger partial charge in [0.05, 0.1) is 13.2 Å². The van der Waals surface area contributed by atoms with E-state index in [1.807, 2.05) is 30.3 Å². The second kappa shape index (κ2) is 12.8. The molecule has 0 spiro atoms. The molecule has 1 aromatic carbocycles. The predicted octanol–water partition coefficient (Wildman–Crippen LogP) is 2.65. The van der Waals surface area contributed by atoms with E-state index in [9.17, 15) is 14.4 Å². The molecule has 0 bridgehead atoms. The van der Waals surface area contributed by atoms with Gasteiger partial charge >= 0.3 is 18.0 Å². The van der Waals surface area contributed by atoms with Gasteiger partial charge in [-0.1, -0.05) is 30.3 Å². The van der Waals surface area contributed by atoms with Crippen LogP contribution in [0.5, 0.6) is 0 Å². The molecule has 1 amide bonds. The summed E-state index contributed by atoms with van der Waals surface area (Å²) in [5.74, 6) is -0.848. The first-order chi connectivity index (χ1) is 12.6. The maximum atomic E-state index is 12.0. The lowest BCUT2D eigenvalue weighted by molar-refractivity contribution is -0.144. The molecular formula is C18H23NO6S. The molecule has 8 heteroatoms. The molecule has 0 saturated carbocycles. The van der Waals surface area contributed by atoms with Gasteiger partial charge in [0.2, 0.25) is 0 Å². The largest absolute Gasteiger partial charge is 0.464 e. The van der Waals surface area contributed by atoms with E-state index in [-0.39, 0.29) is 25.6 Å². The topological polar surface area (TPSA) is 90.9 Å². The monoisotopic (exact) mass is 381 g/mol. The Kier molecular flexibility index (Phi) is 10.6. The number of rotatable bonds is 10. The predicted molar refractivity (Wildman–Crippen MR) is 98.4 cm³/mol. The van der Waals surface area contributed by atoms with E-state index in [2.05, 4.69) is 5.32 Å². The molecular weight excluding hydrogens is 358 g/mol. The van der Waals surface area contributed by atoms with E-state index in [0.29, 0.717) is 0 Å². The average molecular weight is 381 g/mol. The number of esters is 2. The van der Waals surface area contributed by atoms with Crippen LogP contribution in [-0.2, 0) is 30.4 Å². The summed E-state index contributed by atoms with van der Waals surface area (Å²) in [6.45, 7) is 3.96. The van der Waals surface area contributed by atoms with Gasteiger partial charge in [0.15, 0.2) is 0 Å². The lowest BCUT2D eigenvalue weighted by atomic mass is 10.2. The third-order valence-corrected chi connectivity index (χ3v) is 3.78. The average Bonchev–Trinajstić information content (AvgIpc) is 2.63. The maximum Gasteiger partial charge on any atom is 0.408 e. The van der Waals surface area contributed by atoms with Crippen LogP contribution in [0.3, 0.4) is 0 Å². The molecule has 0 aliphatic rings. The van der Waals surface area contributed by atoms with E-state index < -0.39 is 24.1 Å². The Balaban J connectivity index is 2.50. The van der Waals surface area contributed by atoms with Crippen LogP contribution in [0.1, 0.15) is 19.4 Å². The summed E-state index contributed by atoms with van der Waals surface area (Å²) >= 11 is 1.17. The van der Waals surface area contributed by atoms with Crippen LogP contribution in [0.4, 0.5) is 4.79 Å². The number of amides is 1. The van der Waals surface area contributed by atoms with Gasteiger partial charge < -0.3 is 19.5 Å². The number of thioether (sulfide) groups is 1. The van der Waals surface area contributed by atoms with E-state index in [4.69, 9.17) is 14.2 Å². The van der Waals surface area contributed by atoms with Crippen molar-refractivity contribution in [3.05, 3.63) is 47.4 Å². The molecule has 142 valence electrons. The highest BCUT2D eigenvalue weighted by molar-refractivity contribution is 8.02. The zero-order valence-corrected chi connectivity index (χ0v) is 15.6. The van der Waals surface area contributed by atoms with Gasteiger partial charge in [0.25, 0.3) is 0 Å². The fraction of sp³-hybridized carbons (Fsp3) is 0.389. The SMILES string of the molecule is CCOC(=O)/C=C\SC[C@@H](NC(=O)OCc1ccccc1)C(=O)OCC. The number of carbonyl (C=O) groups is 3. The van der Waals surface area contributed by atoms with Gasteiger partial charge in [0.1, 0.15) is 12.6 Å². The summed E-state index contributed by atoms with van der Waals surface area (Å²) in [5.41, 5.74) is 0.835. The Hall–Kier alpha value is -2.48. The second-order valence-electron chi connectivity index (χ2n) is 4.90. The summed E-state index contributed by atoms with van der Waals surface area (Å²) in [5, 5.41) is 3.98. The Morgan fingerprint density at radius 3 is 2.42 bits per heavy atom. The van der Waals surface area contributed by atoms with Gasteiger partial charge in [-0.15, -0.1) is 11.8 Å². The molecule has 1 aromatic rings. The molecule has 0 radical (unpaired) electrons. The number of hydrogen-bond donors (Lipinski definition) is 1. The number of carbonyl (C=O) groups excluding carboxylic acids is 3. The molecule has 1 N–H and O–H groups in total. The van der Waals surface area contributed by atoms with Crippen molar-refractivity contribution >= 4 is 29.8 Å². The fourth-order valence-corrected chi connectivity index (χ4v) is 2.49. The van der Waals surface area contributed by atoms with Crippen LogP contribution in [-0.4, -0.2) is 43.0 Å². The molecule has 0 aliphatic heterocycles. The Labute approximate surface area is 157 Å². The van der Waals surface area contributed by atoms with E-state index in [1.54, 1.807) is 13.8 Å². The van der Waals surface area contributed by atoms with Gasteiger partial charge in [-0.25, -0.2) is 14.4 Å². The highest BCUT2D eigenvalue weighted by atomic mass is 32.2. The minimum atomic E-state index is -0.893. The van der Waals surface area contributed by atoms with Crippen molar-refractivity contribution in [1.82, 2.24) is 5.32 Å². The quantitative estimate of drug-likeness (QED) is 0.378. The van der Waals surface area contributed by atoms with Crippen molar-refractivity contribution in [2.45, 2.75) is 26.5 Å². The van der Waals surface area contributed by atoms with Crippen molar-refractivity contribution in [2.24, 2.45) is 0 Å². The molecule has 26 heavy (non-hydrogen) atoms. The lowest BCUT2D eigenvalue weighted by Crippen LogP contribution is -2.43. The summed E-state index contributed by atoms with van der Waals surface area (Å²) in [6, 6.07) is 8.30. The van der Waals surface area contributed by atoms with E-state index >= 15 is 0 Å². The first-order valence-corrected chi connectivity index (χ1v) is 9.20. The normalized spacial score (nSPS) is 11.6. The molecule has 1 atom stereocenters. The number of hydrogen-bond acceptors (Lipinski definition) is 7. The third-order valence-electron chi connectivity index (χ3n) is 2.93. The molecule has 0 unspecified atom stereocenters. The number of ether oxygens (including phenoxy) is 3. The van der Waals surface area contributed by atoms with Gasteiger partial charge in [-0.2, -0.15) is 0 Å². The first-order valence-electron chi connectivity index (χ1n) is 8.15. The van der Waals surface area contributed by atoms with Crippen molar-refractivity contribution in [2.75, 3.05) is 19.0 Å². The highest BCUT2D eigenvalue weighted by Gasteiger charge is 2.22. The molecule has 0 saturated heterocycles. The summed E-state index contributed by atoms with van der Waals surface area (Å²) in [4.78, 5) is 35.1. The second-order valence-corrected chi connectivity index (χ2v) is 5.84. The van der Waals surface area contributed by atoms with E-state index in [0.717, 1.165) is 5.56 Å². The molecule has 1 rings (SSSR count). The summed E-state index contributed by atoms with van der Waals surface area (Å²) in [7, 11) is 0. The molecule has 0 fully saturated rings. The van der Waals surface area contributed by atoms with Gasteiger partial charge in [0, 0.05) is 11.8 Å². The van der Waals surface area contributed by atoms with Crippen LogP contribution in [0, 0.1) is 0 Å². The molecule has 0 aliphatic carbocycles. The van der Waals surface area contributed by atoms with Crippen molar-refractivity contribution in [3.63, 3.8) is 0 Å². The third kappa shape index (κ3) is 9.12. The van der Waals surface area contributed by atoms with Crippen LogP contribution < -0.4 is 5.32 Å². The maximum absolute atomic E-state index is 12.0. The minimum absolute atomic E-state index is 0.0954. The molecule has 0 heterocycles. The standard InChI is InChI=1S/C18H23NO6S/c1-3-23-16(20)10-11-26-13-15(17(21)24-4-2)19-18(22)25-12-14-8-6-5-7-9-14/h5-11,15H,3-4,12-13H2,1-2H3,(H,19,22)/b11-10-/t15-/m1/s1. The lowest BCUT2D eigenvalue weighted by Gasteiger charge is -2.16. The van der Waals surface area contributed by atoms with Crippen LogP contribution in [0.25, 0.3) is 0 Å².